The fourth-order valence-corrected chi connectivity index (χ4v) is 2.86. The van der Waals surface area contributed by atoms with Gasteiger partial charge in [-0.15, -0.1) is 0 Å². The lowest BCUT2D eigenvalue weighted by atomic mass is 10.1. The van der Waals surface area contributed by atoms with Gasteiger partial charge in [-0.25, -0.2) is 0 Å². The summed E-state index contributed by atoms with van der Waals surface area (Å²) in [6, 6.07) is 12.2. The van der Waals surface area contributed by atoms with Crippen LogP contribution in [0.1, 0.15) is 18.1 Å². The molecule has 0 aliphatic carbocycles. The molecule has 0 unspecified atom stereocenters. The number of benzene rings is 2. The normalized spacial score (nSPS) is 11.3. The smallest absolute Gasteiger partial charge is 0.261 e. The van der Waals surface area contributed by atoms with Gasteiger partial charge >= 0.3 is 0 Å². The molecule has 0 aliphatic heterocycles. The SMILES string of the molecule is CNC(=O)[C@H](C)N(Cc1ccccc1C)C(=O)COc1cc(OC)cc(OC)c1. The van der Waals surface area contributed by atoms with E-state index in [1.807, 2.05) is 31.2 Å². The van der Waals surface area contributed by atoms with E-state index in [4.69, 9.17) is 14.2 Å². The molecule has 0 aromatic heterocycles. The quantitative estimate of drug-likeness (QED) is 0.700. The summed E-state index contributed by atoms with van der Waals surface area (Å²) in [5.74, 6) is 1.02. The van der Waals surface area contributed by atoms with Crippen LogP contribution in [-0.4, -0.2) is 50.6 Å². The maximum atomic E-state index is 13.0. The number of carbonyl (C=O) groups excluding carboxylic acids is 2. The summed E-state index contributed by atoms with van der Waals surface area (Å²) in [4.78, 5) is 26.7. The third-order valence-electron chi connectivity index (χ3n) is 4.70. The number of carbonyl (C=O) groups is 2. The van der Waals surface area contributed by atoms with E-state index in [2.05, 4.69) is 5.32 Å². The molecule has 0 fully saturated rings. The molecule has 1 atom stereocenters. The number of amides is 2. The summed E-state index contributed by atoms with van der Waals surface area (Å²) in [5.41, 5.74) is 2.02. The van der Waals surface area contributed by atoms with Gasteiger partial charge in [0, 0.05) is 31.8 Å². The van der Waals surface area contributed by atoms with Gasteiger partial charge in [0.2, 0.25) is 5.91 Å². The summed E-state index contributed by atoms with van der Waals surface area (Å²) >= 11 is 0. The first kappa shape index (κ1) is 22.1. The van der Waals surface area contributed by atoms with Crippen molar-refractivity contribution in [3.8, 4) is 17.2 Å². The number of nitrogens with one attached hydrogen (secondary N) is 1. The Hall–Kier alpha value is -3.22. The van der Waals surface area contributed by atoms with Crippen LogP contribution >= 0.6 is 0 Å². The number of nitrogens with zero attached hydrogens (tertiary/aromatic N) is 1. The Bertz CT molecular complexity index is 831. The molecule has 0 radical (unpaired) electrons. The van der Waals surface area contributed by atoms with E-state index in [0.29, 0.717) is 23.8 Å². The van der Waals surface area contributed by atoms with E-state index in [-0.39, 0.29) is 18.4 Å². The number of aryl methyl sites for hydroxylation is 1. The molecule has 2 amide bonds. The number of methoxy groups -OCH3 is 2. The van der Waals surface area contributed by atoms with Crippen molar-refractivity contribution in [2.24, 2.45) is 0 Å². The van der Waals surface area contributed by atoms with E-state index < -0.39 is 6.04 Å². The molecule has 0 heterocycles. The molecule has 7 nitrogen and oxygen atoms in total. The lowest BCUT2D eigenvalue weighted by Gasteiger charge is -2.29. The average Bonchev–Trinajstić information content (AvgIpc) is 2.75. The van der Waals surface area contributed by atoms with Gasteiger partial charge in [-0.3, -0.25) is 9.59 Å². The lowest BCUT2D eigenvalue weighted by molar-refractivity contribution is -0.142. The molecule has 2 aromatic carbocycles. The largest absolute Gasteiger partial charge is 0.496 e. The number of ether oxygens (including phenoxy) is 3. The van der Waals surface area contributed by atoms with Crippen molar-refractivity contribution in [1.82, 2.24) is 10.2 Å². The molecule has 0 bridgehead atoms. The number of rotatable bonds is 9. The van der Waals surface area contributed by atoms with Crippen molar-refractivity contribution < 1.29 is 23.8 Å². The van der Waals surface area contributed by atoms with Gasteiger partial charge in [0.1, 0.15) is 23.3 Å². The highest BCUT2D eigenvalue weighted by molar-refractivity contribution is 5.87. The summed E-state index contributed by atoms with van der Waals surface area (Å²) in [6.45, 7) is 3.76. The Labute approximate surface area is 171 Å². The van der Waals surface area contributed by atoms with Gasteiger partial charge < -0.3 is 24.4 Å². The topological polar surface area (TPSA) is 77.1 Å². The molecule has 0 saturated carbocycles. The molecule has 0 saturated heterocycles. The zero-order chi connectivity index (χ0) is 21.4. The molecule has 1 N–H and O–H groups in total. The van der Waals surface area contributed by atoms with E-state index >= 15 is 0 Å². The Morgan fingerprint density at radius 2 is 1.62 bits per heavy atom. The molecule has 0 aliphatic rings. The van der Waals surface area contributed by atoms with Crippen LogP contribution in [-0.2, 0) is 16.1 Å². The van der Waals surface area contributed by atoms with Crippen molar-refractivity contribution in [3.63, 3.8) is 0 Å². The third-order valence-corrected chi connectivity index (χ3v) is 4.70. The van der Waals surface area contributed by atoms with Crippen LogP contribution in [0, 0.1) is 6.92 Å². The first-order valence-electron chi connectivity index (χ1n) is 9.31. The monoisotopic (exact) mass is 400 g/mol. The van der Waals surface area contributed by atoms with Gasteiger partial charge in [0.15, 0.2) is 6.61 Å². The second kappa shape index (κ2) is 10.4. The summed E-state index contributed by atoms with van der Waals surface area (Å²) < 4.78 is 16.1. The highest BCUT2D eigenvalue weighted by Gasteiger charge is 2.26. The van der Waals surface area contributed by atoms with E-state index in [1.165, 1.54) is 4.90 Å². The molecular formula is C22H28N2O5. The number of hydrogen-bond acceptors (Lipinski definition) is 5. The Kier molecular flexibility index (Phi) is 7.88. The number of hydrogen-bond donors (Lipinski definition) is 1. The zero-order valence-electron chi connectivity index (χ0n) is 17.5. The molecule has 7 heteroatoms. The summed E-state index contributed by atoms with van der Waals surface area (Å²) in [5, 5.41) is 2.60. The minimum Gasteiger partial charge on any atom is -0.496 e. The van der Waals surface area contributed by atoms with E-state index in [9.17, 15) is 9.59 Å². The fraction of sp³-hybridized carbons (Fsp3) is 0.364. The Morgan fingerprint density at radius 3 is 2.17 bits per heavy atom. The predicted octanol–water partition coefficient (Wildman–Crippen LogP) is 2.55. The minimum atomic E-state index is -0.643. The van der Waals surface area contributed by atoms with Crippen molar-refractivity contribution >= 4 is 11.8 Å². The first-order valence-corrected chi connectivity index (χ1v) is 9.31. The van der Waals surface area contributed by atoms with Crippen LogP contribution in [0.2, 0.25) is 0 Å². The summed E-state index contributed by atoms with van der Waals surface area (Å²) in [7, 11) is 4.63. The second-order valence-corrected chi connectivity index (χ2v) is 6.58. The molecule has 0 spiro atoms. The van der Waals surface area contributed by atoms with E-state index in [0.717, 1.165) is 11.1 Å². The standard InChI is InChI=1S/C22H28N2O5/c1-15-8-6-7-9-17(15)13-24(16(2)22(26)23-3)21(25)14-29-20-11-18(27-4)10-19(12-20)28-5/h6-12,16H,13-14H2,1-5H3,(H,23,26)/t16-/m0/s1. The van der Waals surface area contributed by atoms with Gasteiger partial charge in [-0.2, -0.15) is 0 Å². The maximum Gasteiger partial charge on any atom is 0.261 e. The maximum absolute atomic E-state index is 13.0. The number of likely N-dealkylation sites (N-methyl/N-ethyl adjacent to an activating group) is 1. The predicted molar refractivity (Wildman–Crippen MR) is 110 cm³/mol. The minimum absolute atomic E-state index is 0.219. The summed E-state index contributed by atoms with van der Waals surface area (Å²) in [6.07, 6.45) is 0. The molecule has 2 aromatic rings. The van der Waals surface area contributed by atoms with Crippen LogP contribution in [0.4, 0.5) is 0 Å². The first-order chi connectivity index (χ1) is 13.9. The molecule has 29 heavy (non-hydrogen) atoms. The highest BCUT2D eigenvalue weighted by atomic mass is 16.5. The van der Waals surface area contributed by atoms with Gasteiger partial charge in [-0.1, -0.05) is 24.3 Å². The van der Waals surface area contributed by atoms with Crippen LogP contribution in [0.3, 0.4) is 0 Å². The van der Waals surface area contributed by atoms with Crippen LogP contribution in [0.15, 0.2) is 42.5 Å². The zero-order valence-corrected chi connectivity index (χ0v) is 17.5. The Morgan fingerprint density at radius 1 is 1.03 bits per heavy atom. The van der Waals surface area contributed by atoms with Crippen molar-refractivity contribution in [2.45, 2.75) is 26.4 Å². The van der Waals surface area contributed by atoms with E-state index in [1.54, 1.807) is 46.4 Å². The van der Waals surface area contributed by atoms with Crippen molar-refractivity contribution in [3.05, 3.63) is 53.6 Å². The highest BCUT2D eigenvalue weighted by Crippen LogP contribution is 2.27. The van der Waals surface area contributed by atoms with Gasteiger partial charge in [0.25, 0.3) is 5.91 Å². The van der Waals surface area contributed by atoms with Gasteiger partial charge in [0.05, 0.1) is 14.2 Å². The van der Waals surface area contributed by atoms with Crippen molar-refractivity contribution in [1.29, 1.82) is 0 Å². The lowest BCUT2D eigenvalue weighted by Crippen LogP contribution is -2.48. The molecular weight excluding hydrogens is 372 g/mol. The van der Waals surface area contributed by atoms with Crippen LogP contribution in [0.5, 0.6) is 17.2 Å². The van der Waals surface area contributed by atoms with Gasteiger partial charge in [-0.05, 0) is 25.0 Å². The van der Waals surface area contributed by atoms with Crippen LogP contribution in [0.25, 0.3) is 0 Å². The third kappa shape index (κ3) is 5.88. The van der Waals surface area contributed by atoms with Crippen LogP contribution < -0.4 is 19.5 Å². The average molecular weight is 400 g/mol. The second-order valence-electron chi connectivity index (χ2n) is 6.58. The fourth-order valence-electron chi connectivity index (χ4n) is 2.86. The molecule has 2 rings (SSSR count). The van der Waals surface area contributed by atoms with Crippen molar-refractivity contribution in [2.75, 3.05) is 27.9 Å². The Balaban J connectivity index is 2.19. The molecule has 156 valence electrons.